The summed E-state index contributed by atoms with van der Waals surface area (Å²) in [5.41, 5.74) is 2.83. The monoisotopic (exact) mass is 586 g/mol. The molecule has 0 saturated carbocycles. The first kappa shape index (κ1) is 29.5. The highest BCUT2D eigenvalue weighted by Gasteiger charge is 2.34. The number of carbonyl (C=O) groups excluding carboxylic acids is 3. The number of amides is 3. The number of carbonyl (C=O) groups is 3. The van der Waals surface area contributed by atoms with Gasteiger partial charge in [0.2, 0.25) is 17.7 Å². The Balaban J connectivity index is 1.58. The summed E-state index contributed by atoms with van der Waals surface area (Å²) < 4.78 is 18.2. The van der Waals surface area contributed by atoms with E-state index < -0.39 is 17.9 Å². The van der Waals surface area contributed by atoms with Gasteiger partial charge >= 0.3 is 0 Å². The van der Waals surface area contributed by atoms with E-state index in [0.29, 0.717) is 52.6 Å². The molecule has 1 saturated heterocycles. The molecule has 3 amide bonds. The third kappa shape index (κ3) is 6.75. The third-order valence-electron chi connectivity index (χ3n) is 7.20. The van der Waals surface area contributed by atoms with Crippen LogP contribution in [0.25, 0.3) is 11.0 Å². The Kier molecular flexibility index (Phi) is 9.16. The minimum atomic E-state index is -1.10. The minimum Gasteiger partial charge on any atom is -0.493 e. The van der Waals surface area contributed by atoms with Crippen molar-refractivity contribution in [2.45, 2.75) is 38.5 Å². The summed E-state index contributed by atoms with van der Waals surface area (Å²) in [4.78, 5) is 41.4. The lowest BCUT2D eigenvalue weighted by atomic mass is 10.0. The molecule has 1 aliphatic rings. The molecular formula is C31H34N6O6. The Morgan fingerprint density at radius 3 is 2.51 bits per heavy atom. The van der Waals surface area contributed by atoms with Gasteiger partial charge in [-0.15, -0.1) is 5.10 Å². The molecule has 0 spiro atoms. The Hall–Kier alpha value is -4.97. The van der Waals surface area contributed by atoms with Crippen molar-refractivity contribution in [3.63, 3.8) is 0 Å². The fraction of sp³-hybridized carbons (Fsp3) is 0.323. The number of nitrogens with zero attached hydrogens (tertiary/aromatic N) is 4. The molecule has 2 heterocycles. The van der Waals surface area contributed by atoms with Crippen LogP contribution in [-0.4, -0.2) is 66.2 Å². The maximum atomic E-state index is 14.3. The number of para-hydroxylation sites is 1. The molecule has 0 bridgehead atoms. The molecule has 1 aliphatic heterocycles. The van der Waals surface area contributed by atoms with Crippen LogP contribution in [0.3, 0.4) is 0 Å². The molecule has 4 aromatic rings. The lowest BCUT2D eigenvalue weighted by Gasteiger charge is -2.32. The first-order chi connectivity index (χ1) is 20.9. The highest BCUT2D eigenvalue weighted by Crippen LogP contribution is 2.35. The van der Waals surface area contributed by atoms with Crippen molar-refractivity contribution in [2.24, 2.45) is 0 Å². The van der Waals surface area contributed by atoms with Gasteiger partial charge in [0.1, 0.15) is 18.1 Å². The highest BCUT2D eigenvalue weighted by atomic mass is 16.5. The Morgan fingerprint density at radius 2 is 1.81 bits per heavy atom. The van der Waals surface area contributed by atoms with Crippen LogP contribution in [-0.2, 0) is 25.7 Å². The predicted octanol–water partition coefficient (Wildman–Crippen LogP) is 3.48. The van der Waals surface area contributed by atoms with Crippen molar-refractivity contribution in [2.75, 3.05) is 37.6 Å². The second-order valence-corrected chi connectivity index (χ2v) is 10.1. The zero-order valence-electron chi connectivity index (χ0n) is 24.3. The van der Waals surface area contributed by atoms with Crippen LogP contribution in [0.4, 0.5) is 11.4 Å². The summed E-state index contributed by atoms with van der Waals surface area (Å²) >= 11 is 0. The van der Waals surface area contributed by atoms with Crippen LogP contribution in [0.1, 0.15) is 31.4 Å². The summed E-state index contributed by atoms with van der Waals surface area (Å²) in [6.07, 6.45) is 1.67. The summed E-state index contributed by atoms with van der Waals surface area (Å²) in [5.74, 6) is -0.139. The molecule has 0 radical (unpaired) electrons. The van der Waals surface area contributed by atoms with E-state index in [1.165, 1.54) is 30.7 Å². The van der Waals surface area contributed by atoms with E-state index in [1.54, 1.807) is 42.5 Å². The van der Waals surface area contributed by atoms with Crippen molar-refractivity contribution >= 4 is 40.1 Å². The van der Waals surface area contributed by atoms with E-state index in [1.807, 2.05) is 24.3 Å². The molecule has 224 valence electrons. The fourth-order valence-electron chi connectivity index (χ4n) is 5.14. The van der Waals surface area contributed by atoms with E-state index in [0.717, 1.165) is 12.8 Å². The van der Waals surface area contributed by atoms with Crippen molar-refractivity contribution in [3.05, 3.63) is 72.3 Å². The molecule has 3 aromatic carbocycles. The largest absolute Gasteiger partial charge is 0.493 e. The predicted molar refractivity (Wildman–Crippen MR) is 160 cm³/mol. The van der Waals surface area contributed by atoms with Crippen molar-refractivity contribution in [3.8, 4) is 11.5 Å². The molecule has 2 atom stereocenters. The fourth-order valence-corrected chi connectivity index (χ4v) is 5.14. The van der Waals surface area contributed by atoms with Crippen molar-refractivity contribution < 1.29 is 28.6 Å². The van der Waals surface area contributed by atoms with Gasteiger partial charge in [-0.2, -0.15) is 0 Å². The average Bonchev–Trinajstić information content (AvgIpc) is 3.69. The van der Waals surface area contributed by atoms with Crippen LogP contribution >= 0.6 is 0 Å². The maximum Gasteiger partial charge on any atom is 0.249 e. The normalized spacial score (nSPS) is 15.1. The van der Waals surface area contributed by atoms with Crippen LogP contribution in [0, 0.1) is 0 Å². The van der Waals surface area contributed by atoms with E-state index in [4.69, 9.17) is 14.2 Å². The summed E-state index contributed by atoms with van der Waals surface area (Å²) in [5, 5.41) is 14.1. The van der Waals surface area contributed by atoms with Gasteiger partial charge < -0.3 is 24.8 Å². The van der Waals surface area contributed by atoms with Gasteiger partial charge in [-0.3, -0.25) is 19.3 Å². The molecule has 1 fully saturated rings. The van der Waals surface area contributed by atoms with Gasteiger partial charge in [-0.1, -0.05) is 23.4 Å². The number of rotatable bonds is 11. The molecular weight excluding hydrogens is 552 g/mol. The van der Waals surface area contributed by atoms with E-state index >= 15 is 0 Å². The van der Waals surface area contributed by atoms with Gasteiger partial charge in [-0.05, 0) is 66.9 Å². The zero-order chi connectivity index (χ0) is 30.3. The molecule has 12 heteroatoms. The summed E-state index contributed by atoms with van der Waals surface area (Å²) in [6.45, 7) is 2.19. The van der Waals surface area contributed by atoms with Gasteiger partial charge in [0.25, 0.3) is 0 Å². The number of fused-ring (bicyclic) bond motifs is 1. The number of benzene rings is 3. The molecule has 43 heavy (non-hydrogen) atoms. The lowest BCUT2D eigenvalue weighted by Crippen LogP contribution is -2.46. The van der Waals surface area contributed by atoms with Gasteiger partial charge in [0, 0.05) is 31.5 Å². The maximum absolute atomic E-state index is 14.3. The molecule has 1 aromatic heterocycles. The van der Waals surface area contributed by atoms with Crippen molar-refractivity contribution in [1.29, 1.82) is 0 Å². The van der Waals surface area contributed by atoms with Gasteiger partial charge in [0.15, 0.2) is 11.5 Å². The number of methoxy groups -OCH3 is 2. The van der Waals surface area contributed by atoms with Crippen LogP contribution in [0.2, 0.25) is 0 Å². The smallest absolute Gasteiger partial charge is 0.249 e. The molecule has 5 rings (SSSR count). The number of anilines is 2. The Labute approximate surface area is 248 Å². The van der Waals surface area contributed by atoms with Crippen molar-refractivity contribution in [1.82, 2.24) is 20.3 Å². The Bertz CT molecular complexity index is 1600. The first-order valence-electron chi connectivity index (χ1n) is 14.0. The second-order valence-electron chi connectivity index (χ2n) is 10.1. The number of aromatic nitrogens is 3. The number of hydrogen-bond donors (Lipinski definition) is 2. The minimum absolute atomic E-state index is 0.0994. The zero-order valence-corrected chi connectivity index (χ0v) is 24.3. The van der Waals surface area contributed by atoms with Gasteiger partial charge in [0.05, 0.1) is 25.8 Å². The molecule has 2 N–H and O–H groups in total. The van der Waals surface area contributed by atoms with E-state index in [2.05, 4.69) is 20.9 Å². The van der Waals surface area contributed by atoms with Gasteiger partial charge in [-0.25, -0.2) is 4.68 Å². The molecule has 0 aliphatic carbocycles. The van der Waals surface area contributed by atoms with Crippen LogP contribution in [0.5, 0.6) is 11.5 Å². The average molecular weight is 587 g/mol. The first-order valence-corrected chi connectivity index (χ1v) is 14.0. The third-order valence-corrected chi connectivity index (χ3v) is 7.20. The Morgan fingerprint density at radius 1 is 1.05 bits per heavy atom. The second kappa shape index (κ2) is 13.3. The lowest BCUT2D eigenvalue weighted by molar-refractivity contribution is -0.127. The molecule has 0 unspecified atom stereocenters. The SMILES string of the molecule is COc1ccc([C@@H](C(=O)NC[C@@H]2CCCO2)N(C(=O)Cn2nnc3ccccc32)c2ccc(NC(C)=O)cc2)cc1OC. The standard InChI is InChI=1S/C31H34N6O6/c1-20(38)33-22-11-13-23(14-12-22)37(29(39)19-36-26-9-5-4-8-25(26)34-35-36)30(31(40)32-18-24-7-6-16-43-24)21-10-15-27(41-2)28(17-21)42-3/h4-5,8-15,17,24,30H,6-7,16,18-19H2,1-3H3,(H,32,40)(H,33,38)/t24-,30-/m0/s1. The summed E-state index contributed by atoms with van der Waals surface area (Å²) in [6, 6.07) is 18.1. The molecule has 12 nitrogen and oxygen atoms in total. The summed E-state index contributed by atoms with van der Waals surface area (Å²) in [7, 11) is 3.03. The van der Waals surface area contributed by atoms with Crippen LogP contribution < -0.4 is 25.0 Å². The topological polar surface area (TPSA) is 137 Å². The number of hydrogen-bond acceptors (Lipinski definition) is 8. The quantitative estimate of drug-likeness (QED) is 0.273. The highest BCUT2D eigenvalue weighted by molar-refractivity contribution is 6.02. The number of nitrogens with one attached hydrogen (secondary N) is 2. The van der Waals surface area contributed by atoms with E-state index in [-0.39, 0.29) is 18.6 Å². The van der Waals surface area contributed by atoms with E-state index in [9.17, 15) is 14.4 Å². The van der Waals surface area contributed by atoms with Crippen LogP contribution in [0.15, 0.2) is 66.7 Å². The number of ether oxygens (including phenoxy) is 3.